The molecule has 2 aromatic rings. The van der Waals surface area contributed by atoms with Gasteiger partial charge < -0.3 is 10.8 Å². The van der Waals surface area contributed by atoms with Crippen molar-refractivity contribution >= 4 is 0 Å². The summed E-state index contributed by atoms with van der Waals surface area (Å²) in [5.74, 6) is 0. The third-order valence-electron chi connectivity index (χ3n) is 2.90. The van der Waals surface area contributed by atoms with Crippen molar-refractivity contribution in [1.82, 2.24) is 4.98 Å². The first-order valence-corrected chi connectivity index (χ1v) is 6.08. The van der Waals surface area contributed by atoms with Crippen LogP contribution in [0, 0.1) is 11.3 Å². The Kier molecular flexibility index (Phi) is 4.24. The fourth-order valence-electron chi connectivity index (χ4n) is 1.82. The molecule has 1 heterocycles. The zero-order valence-electron chi connectivity index (χ0n) is 10.5. The number of hydrogen-bond donors (Lipinski definition) is 2. The number of nitriles is 1. The lowest BCUT2D eigenvalue weighted by Gasteiger charge is -2.10. The molecule has 3 N–H and O–H groups in total. The maximum Gasteiger partial charge on any atom is 0.0991 e. The second-order valence-electron chi connectivity index (χ2n) is 4.26. The van der Waals surface area contributed by atoms with Crippen LogP contribution in [0.1, 0.15) is 23.7 Å². The van der Waals surface area contributed by atoms with Crippen molar-refractivity contribution in [3.8, 4) is 17.3 Å². The zero-order valence-corrected chi connectivity index (χ0v) is 10.5. The first-order valence-electron chi connectivity index (χ1n) is 6.08. The number of aromatic nitrogens is 1. The molecule has 4 nitrogen and oxygen atoms in total. The summed E-state index contributed by atoms with van der Waals surface area (Å²) in [4.78, 5) is 4.50. The lowest BCUT2D eigenvalue weighted by molar-refractivity contribution is 0.275. The highest BCUT2D eigenvalue weighted by atomic mass is 16.3. The Bertz CT molecular complexity index is 587. The van der Waals surface area contributed by atoms with Crippen LogP contribution in [0.25, 0.3) is 11.3 Å². The van der Waals surface area contributed by atoms with E-state index in [1.807, 2.05) is 30.3 Å². The van der Waals surface area contributed by atoms with E-state index >= 15 is 0 Å². The number of rotatable bonds is 4. The van der Waals surface area contributed by atoms with Crippen molar-refractivity contribution in [2.45, 2.75) is 12.5 Å². The van der Waals surface area contributed by atoms with E-state index in [0.717, 1.165) is 17.0 Å². The first kappa shape index (κ1) is 13.2. The fraction of sp³-hybridized carbons (Fsp3) is 0.200. The SMILES string of the molecule is N#Cc1ccc(-c2cccc([C@@H](N)CCO)n2)cc1. The summed E-state index contributed by atoms with van der Waals surface area (Å²) in [6, 6.07) is 14.7. The average molecular weight is 253 g/mol. The molecule has 0 saturated heterocycles. The number of nitrogens with zero attached hydrogens (tertiary/aromatic N) is 2. The van der Waals surface area contributed by atoms with Gasteiger partial charge in [-0.15, -0.1) is 0 Å². The van der Waals surface area contributed by atoms with E-state index in [4.69, 9.17) is 16.1 Å². The largest absolute Gasteiger partial charge is 0.396 e. The standard InChI is InChI=1S/C15H15N3O/c16-10-11-4-6-12(7-5-11)14-2-1-3-15(18-14)13(17)8-9-19/h1-7,13,19H,8-9,17H2/t13-/m0/s1. The number of nitrogens with two attached hydrogens (primary N) is 1. The third kappa shape index (κ3) is 3.16. The van der Waals surface area contributed by atoms with Gasteiger partial charge in [0.05, 0.1) is 23.0 Å². The molecule has 19 heavy (non-hydrogen) atoms. The molecule has 4 heteroatoms. The monoisotopic (exact) mass is 253 g/mol. The molecule has 1 aromatic carbocycles. The summed E-state index contributed by atoms with van der Waals surface area (Å²) in [6.07, 6.45) is 0.490. The second kappa shape index (κ2) is 6.10. The highest BCUT2D eigenvalue weighted by Crippen LogP contribution is 2.20. The van der Waals surface area contributed by atoms with Crippen molar-refractivity contribution in [3.05, 3.63) is 53.7 Å². The molecule has 0 saturated carbocycles. The van der Waals surface area contributed by atoms with Gasteiger partial charge in [-0.05, 0) is 30.7 Å². The van der Waals surface area contributed by atoms with Crippen molar-refractivity contribution < 1.29 is 5.11 Å². The van der Waals surface area contributed by atoms with Gasteiger partial charge in [0.15, 0.2) is 0 Å². The predicted octanol–water partition coefficient (Wildman–Crippen LogP) is 2.00. The summed E-state index contributed by atoms with van der Waals surface area (Å²) in [5, 5.41) is 17.7. The minimum absolute atomic E-state index is 0.0456. The molecule has 1 atom stereocenters. The zero-order chi connectivity index (χ0) is 13.7. The van der Waals surface area contributed by atoms with Crippen LogP contribution in [-0.2, 0) is 0 Å². The van der Waals surface area contributed by atoms with Crippen molar-refractivity contribution in [1.29, 1.82) is 5.26 Å². The Morgan fingerprint density at radius 3 is 2.58 bits per heavy atom. The Hall–Kier alpha value is -2.22. The van der Waals surface area contributed by atoms with Crippen LogP contribution in [0.3, 0.4) is 0 Å². The average Bonchev–Trinajstić information content (AvgIpc) is 2.48. The molecule has 96 valence electrons. The number of benzene rings is 1. The van der Waals surface area contributed by atoms with E-state index in [9.17, 15) is 0 Å². The van der Waals surface area contributed by atoms with Crippen LogP contribution in [-0.4, -0.2) is 16.7 Å². The molecule has 0 aliphatic rings. The number of aliphatic hydroxyl groups is 1. The number of aliphatic hydroxyl groups excluding tert-OH is 1. The minimum Gasteiger partial charge on any atom is -0.396 e. The van der Waals surface area contributed by atoms with E-state index in [1.54, 1.807) is 12.1 Å². The smallest absolute Gasteiger partial charge is 0.0991 e. The van der Waals surface area contributed by atoms with E-state index in [0.29, 0.717) is 12.0 Å². The molecule has 0 amide bonds. The normalized spacial score (nSPS) is 11.8. The molecule has 0 bridgehead atoms. The predicted molar refractivity (Wildman–Crippen MR) is 73.0 cm³/mol. The van der Waals surface area contributed by atoms with Crippen LogP contribution in [0.5, 0.6) is 0 Å². The molecule has 0 aliphatic carbocycles. The summed E-state index contributed by atoms with van der Waals surface area (Å²) >= 11 is 0. The van der Waals surface area contributed by atoms with Crippen molar-refractivity contribution in [2.24, 2.45) is 5.73 Å². The fourth-order valence-corrected chi connectivity index (χ4v) is 1.82. The maximum absolute atomic E-state index is 8.90. The summed E-state index contributed by atoms with van der Waals surface area (Å²) in [5.41, 5.74) is 9.07. The second-order valence-corrected chi connectivity index (χ2v) is 4.26. The lowest BCUT2D eigenvalue weighted by atomic mass is 10.1. The van der Waals surface area contributed by atoms with Crippen molar-refractivity contribution in [3.63, 3.8) is 0 Å². The summed E-state index contributed by atoms with van der Waals surface area (Å²) in [7, 11) is 0. The maximum atomic E-state index is 8.90. The van der Waals surface area contributed by atoms with E-state index < -0.39 is 0 Å². The Balaban J connectivity index is 2.29. The van der Waals surface area contributed by atoms with Gasteiger partial charge in [-0.2, -0.15) is 5.26 Å². The van der Waals surface area contributed by atoms with Gasteiger partial charge in [-0.3, -0.25) is 4.98 Å². The molecule has 0 aliphatic heterocycles. The molecule has 0 fully saturated rings. The van der Waals surface area contributed by atoms with E-state index in [2.05, 4.69) is 11.1 Å². The lowest BCUT2D eigenvalue weighted by Crippen LogP contribution is -2.13. The molecular formula is C15H15N3O. The quantitative estimate of drug-likeness (QED) is 0.873. The Morgan fingerprint density at radius 2 is 1.95 bits per heavy atom. The van der Waals surface area contributed by atoms with Gasteiger partial charge >= 0.3 is 0 Å². The molecule has 2 rings (SSSR count). The highest BCUT2D eigenvalue weighted by Gasteiger charge is 2.08. The Labute approximate surface area is 112 Å². The van der Waals surface area contributed by atoms with Gasteiger partial charge in [0.2, 0.25) is 0 Å². The van der Waals surface area contributed by atoms with Crippen LogP contribution in [0.4, 0.5) is 0 Å². The minimum atomic E-state index is -0.261. The highest BCUT2D eigenvalue weighted by molar-refractivity contribution is 5.60. The van der Waals surface area contributed by atoms with Crippen molar-refractivity contribution in [2.75, 3.05) is 6.61 Å². The van der Waals surface area contributed by atoms with Crippen LogP contribution < -0.4 is 5.73 Å². The third-order valence-corrected chi connectivity index (χ3v) is 2.90. The topological polar surface area (TPSA) is 82.9 Å². The van der Waals surface area contributed by atoms with Crippen LogP contribution in [0.15, 0.2) is 42.5 Å². The molecule has 1 aromatic heterocycles. The van der Waals surface area contributed by atoms with Gasteiger partial charge in [0.1, 0.15) is 0 Å². The Morgan fingerprint density at radius 1 is 1.21 bits per heavy atom. The van der Waals surface area contributed by atoms with E-state index in [1.165, 1.54) is 0 Å². The van der Waals surface area contributed by atoms with Gasteiger partial charge in [0, 0.05) is 18.2 Å². The van der Waals surface area contributed by atoms with Crippen LogP contribution in [0.2, 0.25) is 0 Å². The molecule has 0 spiro atoms. The summed E-state index contributed by atoms with van der Waals surface area (Å²) < 4.78 is 0. The summed E-state index contributed by atoms with van der Waals surface area (Å²) in [6.45, 7) is 0.0456. The molecule has 0 radical (unpaired) electrons. The van der Waals surface area contributed by atoms with E-state index in [-0.39, 0.29) is 12.6 Å². The number of pyridine rings is 1. The molecular weight excluding hydrogens is 238 g/mol. The molecule has 0 unspecified atom stereocenters. The van der Waals surface area contributed by atoms with Gasteiger partial charge in [0.25, 0.3) is 0 Å². The van der Waals surface area contributed by atoms with Gasteiger partial charge in [-0.1, -0.05) is 18.2 Å². The van der Waals surface area contributed by atoms with Crippen LogP contribution >= 0.6 is 0 Å². The number of hydrogen-bond acceptors (Lipinski definition) is 4. The first-order chi connectivity index (χ1) is 9.24. The van der Waals surface area contributed by atoms with Gasteiger partial charge in [-0.25, -0.2) is 0 Å².